The molecule has 16 heavy (non-hydrogen) atoms. The molecule has 0 unspecified atom stereocenters. The third-order valence-electron chi connectivity index (χ3n) is 2.01. The van der Waals surface area contributed by atoms with Gasteiger partial charge < -0.3 is 9.15 Å². The molecule has 0 aliphatic carbocycles. The minimum absolute atomic E-state index is 0.209. The van der Waals surface area contributed by atoms with E-state index in [1.54, 1.807) is 17.4 Å². The molecule has 4 nitrogen and oxygen atoms in total. The fourth-order valence-corrected chi connectivity index (χ4v) is 1.91. The Hall–Kier alpha value is -1.62. The molecule has 0 aliphatic heterocycles. The van der Waals surface area contributed by atoms with Gasteiger partial charge in [0.1, 0.15) is 12.9 Å². The first kappa shape index (κ1) is 10.9. The first-order chi connectivity index (χ1) is 7.79. The summed E-state index contributed by atoms with van der Waals surface area (Å²) in [6.07, 6.45) is 3.70. The Morgan fingerprint density at radius 1 is 1.62 bits per heavy atom. The topological polar surface area (TPSA) is 52.3 Å². The predicted octanol–water partition coefficient (Wildman–Crippen LogP) is 2.66. The molecule has 0 atom stereocenters. The van der Waals surface area contributed by atoms with E-state index in [2.05, 4.69) is 4.98 Å². The quantitative estimate of drug-likeness (QED) is 0.767. The van der Waals surface area contributed by atoms with Gasteiger partial charge in [-0.2, -0.15) is 0 Å². The van der Waals surface area contributed by atoms with Gasteiger partial charge in [0.05, 0.1) is 22.5 Å². The van der Waals surface area contributed by atoms with E-state index in [0.29, 0.717) is 5.56 Å². The van der Waals surface area contributed by atoms with Gasteiger partial charge in [0.2, 0.25) is 0 Å². The number of esters is 1. The molecule has 2 aromatic rings. The fraction of sp³-hybridized carbons (Fsp3) is 0.273. The van der Waals surface area contributed by atoms with Crippen LogP contribution < -0.4 is 0 Å². The maximum Gasteiger partial charge on any atom is 0.341 e. The molecule has 0 radical (unpaired) electrons. The van der Waals surface area contributed by atoms with Gasteiger partial charge in [-0.25, -0.2) is 9.78 Å². The van der Waals surface area contributed by atoms with Crippen LogP contribution in [0.3, 0.4) is 0 Å². The van der Waals surface area contributed by atoms with Crippen molar-refractivity contribution in [3.63, 3.8) is 0 Å². The van der Waals surface area contributed by atoms with Crippen LogP contribution in [0.2, 0.25) is 0 Å². The third-order valence-corrected chi connectivity index (χ3v) is 3.05. The average molecular weight is 237 g/mol. The highest BCUT2D eigenvalue weighted by atomic mass is 32.1. The summed E-state index contributed by atoms with van der Waals surface area (Å²) in [6.45, 7) is 2.25. The van der Waals surface area contributed by atoms with Crippen molar-refractivity contribution in [2.24, 2.45) is 0 Å². The Kier molecular flexibility index (Phi) is 3.36. The second-order valence-electron chi connectivity index (χ2n) is 3.17. The molecule has 0 saturated carbocycles. The zero-order valence-corrected chi connectivity index (χ0v) is 9.62. The van der Waals surface area contributed by atoms with Crippen LogP contribution in [0, 0.1) is 0 Å². The molecule has 0 amide bonds. The van der Waals surface area contributed by atoms with Gasteiger partial charge in [-0.3, -0.25) is 0 Å². The lowest BCUT2D eigenvalue weighted by molar-refractivity contribution is 0.0467. The van der Waals surface area contributed by atoms with Gasteiger partial charge in [-0.05, 0) is 12.5 Å². The van der Waals surface area contributed by atoms with Crippen LogP contribution in [-0.4, -0.2) is 11.0 Å². The number of aromatic nitrogens is 1. The van der Waals surface area contributed by atoms with Gasteiger partial charge in [0.15, 0.2) is 0 Å². The van der Waals surface area contributed by atoms with Gasteiger partial charge >= 0.3 is 5.97 Å². The number of carbonyl (C=O) groups is 1. The summed E-state index contributed by atoms with van der Waals surface area (Å²) in [5.41, 5.74) is 1.21. The number of ether oxygens (including phenoxy) is 1. The Labute approximate surface area is 96.9 Å². The number of hydrogen-bond acceptors (Lipinski definition) is 5. The normalized spacial score (nSPS) is 10.3. The van der Waals surface area contributed by atoms with Crippen LogP contribution in [0.1, 0.15) is 28.0 Å². The Morgan fingerprint density at radius 3 is 3.12 bits per heavy atom. The van der Waals surface area contributed by atoms with Gasteiger partial charge in [-0.1, -0.05) is 6.92 Å². The molecule has 0 saturated heterocycles. The first-order valence-corrected chi connectivity index (χ1v) is 5.80. The smallest absolute Gasteiger partial charge is 0.341 e. The molecule has 0 fully saturated rings. The molecular formula is C11H11NO3S. The lowest BCUT2D eigenvalue weighted by Crippen LogP contribution is -2.04. The Balaban J connectivity index is 1.90. The number of carbonyl (C=O) groups excluding carboxylic acids is 1. The zero-order valence-electron chi connectivity index (χ0n) is 8.80. The van der Waals surface area contributed by atoms with E-state index >= 15 is 0 Å². The average Bonchev–Trinajstić information content (AvgIpc) is 2.96. The molecule has 84 valence electrons. The number of hydrogen-bond donors (Lipinski definition) is 0. The molecule has 2 heterocycles. The minimum Gasteiger partial charge on any atom is -0.472 e. The van der Waals surface area contributed by atoms with E-state index in [0.717, 1.165) is 17.1 Å². The van der Waals surface area contributed by atoms with Crippen LogP contribution >= 0.6 is 11.3 Å². The standard InChI is InChI=1S/C11H11NO3S/c1-2-10-12-9(7-16-10)6-15-11(13)8-3-4-14-5-8/h3-5,7H,2,6H2,1H3. The highest BCUT2D eigenvalue weighted by molar-refractivity contribution is 7.09. The van der Waals surface area contributed by atoms with Crippen molar-refractivity contribution >= 4 is 17.3 Å². The van der Waals surface area contributed by atoms with Crippen molar-refractivity contribution in [1.82, 2.24) is 4.98 Å². The summed E-state index contributed by atoms with van der Waals surface area (Å²) in [4.78, 5) is 15.7. The number of aryl methyl sites for hydroxylation is 1. The maximum atomic E-state index is 11.4. The van der Waals surface area contributed by atoms with Crippen molar-refractivity contribution in [2.75, 3.05) is 0 Å². The molecule has 0 N–H and O–H groups in total. The molecule has 0 aromatic carbocycles. The highest BCUT2D eigenvalue weighted by Gasteiger charge is 2.09. The van der Waals surface area contributed by atoms with Crippen molar-refractivity contribution in [3.8, 4) is 0 Å². The van der Waals surface area contributed by atoms with E-state index in [1.807, 2.05) is 12.3 Å². The molecule has 5 heteroatoms. The lowest BCUT2D eigenvalue weighted by atomic mass is 10.3. The maximum absolute atomic E-state index is 11.4. The van der Waals surface area contributed by atoms with Crippen molar-refractivity contribution in [2.45, 2.75) is 20.0 Å². The van der Waals surface area contributed by atoms with Gasteiger partial charge in [0.25, 0.3) is 0 Å². The largest absolute Gasteiger partial charge is 0.472 e. The Bertz CT molecular complexity index is 461. The summed E-state index contributed by atoms with van der Waals surface area (Å²) < 4.78 is 9.87. The van der Waals surface area contributed by atoms with Crippen LogP contribution in [-0.2, 0) is 17.8 Å². The van der Waals surface area contributed by atoms with E-state index in [9.17, 15) is 4.79 Å². The van der Waals surface area contributed by atoms with E-state index in [1.165, 1.54) is 12.5 Å². The monoisotopic (exact) mass is 237 g/mol. The summed E-state index contributed by atoms with van der Waals surface area (Å²) in [7, 11) is 0. The molecule has 0 aliphatic rings. The summed E-state index contributed by atoms with van der Waals surface area (Å²) in [5.74, 6) is -0.389. The number of rotatable bonds is 4. The van der Waals surface area contributed by atoms with E-state index < -0.39 is 0 Å². The van der Waals surface area contributed by atoms with Crippen molar-refractivity contribution < 1.29 is 13.9 Å². The number of nitrogens with zero attached hydrogens (tertiary/aromatic N) is 1. The van der Waals surface area contributed by atoms with Crippen molar-refractivity contribution in [3.05, 3.63) is 40.2 Å². The van der Waals surface area contributed by atoms with Crippen LogP contribution in [0.5, 0.6) is 0 Å². The number of thiazole rings is 1. The predicted molar refractivity (Wildman–Crippen MR) is 59.3 cm³/mol. The van der Waals surface area contributed by atoms with Crippen LogP contribution in [0.25, 0.3) is 0 Å². The van der Waals surface area contributed by atoms with Crippen LogP contribution in [0.4, 0.5) is 0 Å². The lowest BCUT2D eigenvalue weighted by Gasteiger charge is -1.99. The molecular weight excluding hydrogens is 226 g/mol. The second kappa shape index (κ2) is 4.94. The third kappa shape index (κ3) is 2.49. The van der Waals surface area contributed by atoms with Crippen molar-refractivity contribution in [1.29, 1.82) is 0 Å². The fourth-order valence-electron chi connectivity index (χ4n) is 1.18. The molecule has 0 spiro atoms. The first-order valence-electron chi connectivity index (χ1n) is 4.92. The van der Waals surface area contributed by atoms with Crippen LogP contribution in [0.15, 0.2) is 28.4 Å². The highest BCUT2D eigenvalue weighted by Crippen LogP contribution is 2.12. The molecule has 2 aromatic heterocycles. The molecule has 0 bridgehead atoms. The second-order valence-corrected chi connectivity index (χ2v) is 4.12. The summed E-state index contributed by atoms with van der Waals surface area (Å²) >= 11 is 1.58. The number of furan rings is 1. The van der Waals surface area contributed by atoms with Gasteiger partial charge in [0, 0.05) is 5.38 Å². The minimum atomic E-state index is -0.389. The molecule has 2 rings (SSSR count). The van der Waals surface area contributed by atoms with E-state index in [4.69, 9.17) is 9.15 Å². The van der Waals surface area contributed by atoms with E-state index in [-0.39, 0.29) is 12.6 Å². The summed E-state index contributed by atoms with van der Waals surface area (Å²) in [5, 5.41) is 2.95. The Morgan fingerprint density at radius 2 is 2.50 bits per heavy atom. The van der Waals surface area contributed by atoms with Gasteiger partial charge in [-0.15, -0.1) is 11.3 Å². The summed E-state index contributed by atoms with van der Waals surface area (Å²) in [6, 6.07) is 1.57. The zero-order chi connectivity index (χ0) is 11.4. The SMILES string of the molecule is CCc1nc(COC(=O)c2ccoc2)cs1.